The Balaban J connectivity index is 2.34. The molecule has 0 saturated carbocycles. The van der Waals surface area contributed by atoms with Crippen molar-refractivity contribution >= 4 is 17.9 Å². The van der Waals surface area contributed by atoms with Gasteiger partial charge in [-0.25, -0.2) is 9.59 Å². The van der Waals surface area contributed by atoms with Crippen LogP contribution in [-0.4, -0.2) is 37.7 Å². The van der Waals surface area contributed by atoms with Crippen LogP contribution in [-0.2, 0) is 9.53 Å². The van der Waals surface area contributed by atoms with Crippen molar-refractivity contribution in [3.8, 4) is 5.75 Å². The molecular weight excluding hydrogens is 312 g/mol. The highest BCUT2D eigenvalue weighted by Crippen LogP contribution is 2.13. The van der Waals surface area contributed by atoms with Crippen LogP contribution in [0.1, 0.15) is 43.5 Å². The lowest BCUT2D eigenvalue weighted by Crippen LogP contribution is -2.41. The fourth-order valence-electron chi connectivity index (χ4n) is 1.71. The van der Waals surface area contributed by atoms with E-state index < -0.39 is 24.5 Å². The van der Waals surface area contributed by atoms with Gasteiger partial charge >= 0.3 is 12.0 Å². The topological polar surface area (TPSA) is 93.7 Å². The average Bonchev–Trinajstić information content (AvgIpc) is 2.58. The minimum absolute atomic E-state index is 0.305. The summed E-state index contributed by atoms with van der Waals surface area (Å²) in [4.78, 5) is 34.7. The monoisotopic (exact) mass is 336 g/mol. The smallest absolute Gasteiger partial charge is 0.338 e. The lowest BCUT2D eigenvalue weighted by atomic mass is 10.2. The van der Waals surface area contributed by atoms with Gasteiger partial charge in [-0.15, -0.1) is 0 Å². The second-order valence-electron chi connectivity index (χ2n) is 5.11. The molecule has 7 nitrogen and oxygen atoms in total. The maximum atomic E-state index is 11.8. The van der Waals surface area contributed by atoms with Gasteiger partial charge in [0.25, 0.3) is 5.91 Å². The van der Waals surface area contributed by atoms with E-state index in [-0.39, 0.29) is 0 Å². The number of ether oxygens (including phenoxy) is 2. The van der Waals surface area contributed by atoms with Crippen molar-refractivity contribution < 1.29 is 23.9 Å². The lowest BCUT2D eigenvalue weighted by molar-refractivity contribution is -0.123. The zero-order valence-corrected chi connectivity index (χ0v) is 14.1. The van der Waals surface area contributed by atoms with Gasteiger partial charge in [0.1, 0.15) is 5.75 Å². The van der Waals surface area contributed by atoms with Gasteiger partial charge in [0.05, 0.1) is 12.2 Å². The molecule has 0 aliphatic rings. The van der Waals surface area contributed by atoms with Crippen molar-refractivity contribution in [3.63, 3.8) is 0 Å². The molecule has 0 bridgehead atoms. The van der Waals surface area contributed by atoms with Crippen molar-refractivity contribution in [1.29, 1.82) is 0 Å². The number of urea groups is 1. The van der Waals surface area contributed by atoms with E-state index in [0.717, 1.165) is 19.3 Å². The summed E-state index contributed by atoms with van der Waals surface area (Å²) >= 11 is 0. The Morgan fingerprint density at radius 1 is 1.04 bits per heavy atom. The van der Waals surface area contributed by atoms with E-state index in [0.29, 0.717) is 24.5 Å². The first kappa shape index (κ1) is 19.5. The highest BCUT2D eigenvalue weighted by Gasteiger charge is 2.12. The van der Waals surface area contributed by atoms with Gasteiger partial charge < -0.3 is 14.8 Å². The predicted octanol–water partition coefficient (Wildman–Crippen LogP) is 2.26. The number of nitrogens with one attached hydrogen (secondary N) is 2. The summed E-state index contributed by atoms with van der Waals surface area (Å²) < 4.78 is 10.3. The molecule has 132 valence electrons. The Labute approximate surface area is 141 Å². The zero-order valence-electron chi connectivity index (χ0n) is 14.1. The Kier molecular flexibility index (Phi) is 8.96. The van der Waals surface area contributed by atoms with Gasteiger partial charge in [-0.3, -0.25) is 10.1 Å². The predicted molar refractivity (Wildman–Crippen MR) is 89.0 cm³/mol. The van der Waals surface area contributed by atoms with Gasteiger partial charge in [0.15, 0.2) is 6.61 Å². The van der Waals surface area contributed by atoms with Crippen LogP contribution in [0.25, 0.3) is 0 Å². The second-order valence-corrected chi connectivity index (χ2v) is 5.11. The summed E-state index contributed by atoms with van der Waals surface area (Å²) in [5.74, 6) is -0.659. The molecule has 1 aromatic rings. The molecule has 0 atom stereocenters. The molecule has 0 aromatic heterocycles. The van der Waals surface area contributed by atoms with Crippen LogP contribution in [0.5, 0.6) is 5.75 Å². The van der Waals surface area contributed by atoms with Crippen molar-refractivity contribution in [3.05, 3.63) is 29.8 Å². The number of hydrogen-bond donors (Lipinski definition) is 2. The molecule has 0 aliphatic heterocycles. The highest BCUT2D eigenvalue weighted by atomic mass is 16.5. The van der Waals surface area contributed by atoms with Crippen LogP contribution >= 0.6 is 0 Å². The minimum atomic E-state index is -0.680. The number of benzene rings is 1. The lowest BCUT2D eigenvalue weighted by Gasteiger charge is -2.08. The van der Waals surface area contributed by atoms with Gasteiger partial charge in [-0.2, -0.15) is 0 Å². The van der Waals surface area contributed by atoms with E-state index in [1.807, 2.05) is 13.8 Å². The number of esters is 1. The summed E-state index contributed by atoms with van der Waals surface area (Å²) in [5.41, 5.74) is 0.305. The SMILES string of the molecule is CCCCNC(=O)NC(=O)COC(=O)c1ccc(OCCC)cc1. The van der Waals surface area contributed by atoms with Crippen LogP contribution < -0.4 is 15.4 Å². The van der Waals surface area contributed by atoms with E-state index in [1.54, 1.807) is 24.3 Å². The Morgan fingerprint density at radius 2 is 1.75 bits per heavy atom. The first-order valence-corrected chi connectivity index (χ1v) is 8.04. The van der Waals surface area contributed by atoms with Crippen LogP contribution in [0.15, 0.2) is 24.3 Å². The molecule has 24 heavy (non-hydrogen) atoms. The van der Waals surface area contributed by atoms with E-state index >= 15 is 0 Å². The Morgan fingerprint density at radius 3 is 2.38 bits per heavy atom. The molecular formula is C17H24N2O5. The Bertz CT molecular complexity index is 542. The van der Waals surface area contributed by atoms with Gasteiger partial charge in [0.2, 0.25) is 0 Å². The number of carbonyl (C=O) groups is 3. The molecule has 1 aromatic carbocycles. The zero-order chi connectivity index (χ0) is 17.8. The van der Waals surface area contributed by atoms with Crippen LogP contribution in [0.2, 0.25) is 0 Å². The van der Waals surface area contributed by atoms with Gasteiger partial charge in [0, 0.05) is 6.54 Å². The first-order valence-electron chi connectivity index (χ1n) is 8.04. The molecule has 0 heterocycles. The van der Waals surface area contributed by atoms with Crippen LogP contribution in [0.4, 0.5) is 4.79 Å². The number of hydrogen-bond acceptors (Lipinski definition) is 5. The standard InChI is InChI=1S/C17H24N2O5/c1-3-5-10-18-17(22)19-15(20)12-24-16(21)13-6-8-14(9-7-13)23-11-4-2/h6-9H,3-5,10-12H2,1-2H3,(H2,18,19,20,22). The van der Waals surface area contributed by atoms with Gasteiger partial charge in [-0.1, -0.05) is 20.3 Å². The average molecular weight is 336 g/mol. The molecule has 0 radical (unpaired) electrons. The second kappa shape index (κ2) is 11.0. The quantitative estimate of drug-likeness (QED) is 0.533. The molecule has 1 rings (SSSR count). The molecule has 2 N–H and O–H groups in total. The molecule has 0 aliphatic carbocycles. The number of amides is 3. The number of rotatable bonds is 9. The van der Waals surface area contributed by atoms with Crippen molar-refractivity contribution in [2.45, 2.75) is 33.1 Å². The molecule has 0 fully saturated rings. The third-order valence-corrected chi connectivity index (χ3v) is 2.97. The normalized spacial score (nSPS) is 9.92. The summed E-state index contributed by atoms with van der Waals surface area (Å²) in [6, 6.07) is 5.84. The molecule has 0 unspecified atom stereocenters. The van der Waals surface area contributed by atoms with Crippen molar-refractivity contribution in [2.75, 3.05) is 19.8 Å². The highest BCUT2D eigenvalue weighted by molar-refractivity contribution is 5.97. The first-order chi connectivity index (χ1) is 11.6. The summed E-state index contributed by atoms with van der Waals surface area (Å²) in [6.07, 6.45) is 2.66. The fraction of sp³-hybridized carbons (Fsp3) is 0.471. The maximum absolute atomic E-state index is 11.8. The molecule has 7 heteroatoms. The molecule has 0 spiro atoms. The summed E-state index contributed by atoms with van der Waals surface area (Å²) in [5, 5.41) is 4.62. The largest absolute Gasteiger partial charge is 0.494 e. The summed E-state index contributed by atoms with van der Waals surface area (Å²) in [7, 11) is 0. The number of imide groups is 1. The summed E-state index contributed by atoms with van der Waals surface area (Å²) in [6.45, 7) is 4.56. The molecule has 0 saturated heterocycles. The van der Waals surface area contributed by atoms with E-state index in [9.17, 15) is 14.4 Å². The van der Waals surface area contributed by atoms with Gasteiger partial charge in [-0.05, 0) is 37.1 Å². The van der Waals surface area contributed by atoms with Crippen molar-refractivity contribution in [2.24, 2.45) is 0 Å². The maximum Gasteiger partial charge on any atom is 0.338 e. The van der Waals surface area contributed by atoms with E-state index in [1.165, 1.54) is 0 Å². The van der Waals surface area contributed by atoms with E-state index in [2.05, 4.69) is 10.6 Å². The number of unbranched alkanes of at least 4 members (excludes halogenated alkanes) is 1. The third kappa shape index (κ3) is 7.62. The number of carbonyl (C=O) groups excluding carboxylic acids is 3. The van der Waals surface area contributed by atoms with E-state index in [4.69, 9.17) is 9.47 Å². The van der Waals surface area contributed by atoms with Crippen molar-refractivity contribution in [1.82, 2.24) is 10.6 Å². The molecule has 3 amide bonds. The third-order valence-electron chi connectivity index (χ3n) is 2.97. The minimum Gasteiger partial charge on any atom is -0.494 e. The fourth-order valence-corrected chi connectivity index (χ4v) is 1.71. The van der Waals surface area contributed by atoms with Crippen LogP contribution in [0, 0.1) is 0 Å². The van der Waals surface area contributed by atoms with Crippen LogP contribution in [0.3, 0.4) is 0 Å². The Hall–Kier alpha value is -2.57.